The van der Waals surface area contributed by atoms with E-state index in [9.17, 15) is 8.78 Å². The van der Waals surface area contributed by atoms with Gasteiger partial charge in [-0.15, -0.1) is 0 Å². The number of halogens is 2. The Morgan fingerprint density at radius 3 is 2.00 bits per heavy atom. The first kappa shape index (κ1) is 23.3. The van der Waals surface area contributed by atoms with Crippen LogP contribution in [0.2, 0.25) is 0 Å². The third-order valence-corrected chi connectivity index (χ3v) is 7.56. The lowest BCUT2D eigenvalue weighted by Crippen LogP contribution is -2.25. The van der Waals surface area contributed by atoms with E-state index >= 15 is 0 Å². The zero-order chi connectivity index (χ0) is 21.3. The SMILES string of the molecule is CCC[C@H]1CC[C@H]([C@H]2CC[C@H](CCC=Cc3ccc(OCC)c(F)c3F)CC2)CC1. The minimum absolute atomic E-state index is 0.0113. The minimum Gasteiger partial charge on any atom is -0.491 e. The second kappa shape index (κ2) is 11.9. The molecule has 0 atom stereocenters. The first-order valence-electron chi connectivity index (χ1n) is 12.4. The fraction of sp³-hybridized carbons (Fsp3) is 0.704. The van der Waals surface area contributed by atoms with E-state index in [2.05, 4.69) is 6.92 Å². The van der Waals surface area contributed by atoms with E-state index in [1.165, 1.54) is 70.3 Å². The predicted molar refractivity (Wildman–Crippen MR) is 122 cm³/mol. The molecule has 168 valence electrons. The van der Waals surface area contributed by atoms with Crippen molar-refractivity contribution >= 4 is 6.08 Å². The topological polar surface area (TPSA) is 9.23 Å². The van der Waals surface area contributed by atoms with E-state index in [0.717, 1.165) is 36.5 Å². The first-order valence-corrected chi connectivity index (χ1v) is 12.4. The van der Waals surface area contributed by atoms with Crippen LogP contribution in [0.5, 0.6) is 5.75 Å². The monoisotopic (exact) mass is 418 g/mol. The van der Waals surface area contributed by atoms with E-state index in [-0.39, 0.29) is 5.75 Å². The normalized spacial score (nSPS) is 27.5. The summed E-state index contributed by atoms with van der Waals surface area (Å²) in [6.07, 6.45) is 19.9. The van der Waals surface area contributed by atoms with Crippen LogP contribution in [-0.4, -0.2) is 6.61 Å². The van der Waals surface area contributed by atoms with Crippen LogP contribution in [0.3, 0.4) is 0 Å². The molecule has 0 radical (unpaired) electrons. The van der Waals surface area contributed by atoms with Gasteiger partial charge in [-0.05, 0) is 81.3 Å². The summed E-state index contributed by atoms with van der Waals surface area (Å²) < 4.78 is 33.2. The highest BCUT2D eigenvalue weighted by atomic mass is 19.2. The average Bonchev–Trinajstić information content (AvgIpc) is 2.77. The van der Waals surface area contributed by atoms with Crippen molar-refractivity contribution < 1.29 is 13.5 Å². The molecule has 0 heterocycles. The Kier molecular flexibility index (Phi) is 9.21. The van der Waals surface area contributed by atoms with Crippen LogP contribution in [0.15, 0.2) is 18.2 Å². The molecule has 0 unspecified atom stereocenters. The lowest BCUT2D eigenvalue weighted by atomic mass is 9.68. The zero-order valence-electron chi connectivity index (χ0n) is 19.0. The Balaban J connectivity index is 1.38. The Morgan fingerprint density at radius 1 is 0.833 bits per heavy atom. The van der Waals surface area contributed by atoms with Crippen molar-refractivity contribution in [1.29, 1.82) is 0 Å². The predicted octanol–water partition coefficient (Wildman–Crippen LogP) is 8.57. The van der Waals surface area contributed by atoms with Gasteiger partial charge in [-0.1, -0.05) is 57.6 Å². The van der Waals surface area contributed by atoms with Crippen molar-refractivity contribution in [1.82, 2.24) is 0 Å². The van der Waals surface area contributed by atoms with Gasteiger partial charge in [0.1, 0.15) is 0 Å². The van der Waals surface area contributed by atoms with Crippen LogP contribution in [0.25, 0.3) is 6.08 Å². The summed E-state index contributed by atoms with van der Waals surface area (Å²) in [5.41, 5.74) is 0.304. The van der Waals surface area contributed by atoms with Gasteiger partial charge in [0.25, 0.3) is 0 Å². The number of allylic oxidation sites excluding steroid dienone is 1. The van der Waals surface area contributed by atoms with Gasteiger partial charge in [-0.25, -0.2) is 4.39 Å². The largest absolute Gasteiger partial charge is 0.491 e. The maximum Gasteiger partial charge on any atom is 0.201 e. The molecule has 0 aromatic heterocycles. The Labute approximate surface area is 182 Å². The third kappa shape index (κ3) is 6.31. The molecule has 1 nitrogen and oxygen atoms in total. The summed E-state index contributed by atoms with van der Waals surface area (Å²) in [6, 6.07) is 3.11. The van der Waals surface area contributed by atoms with Crippen LogP contribution in [-0.2, 0) is 0 Å². The number of rotatable bonds is 9. The van der Waals surface area contributed by atoms with Crippen molar-refractivity contribution in [2.45, 2.75) is 90.9 Å². The highest BCUT2D eigenvalue weighted by Gasteiger charge is 2.30. The first-order chi connectivity index (χ1) is 14.6. The van der Waals surface area contributed by atoms with Crippen LogP contribution in [0.1, 0.15) is 96.5 Å². The second-order valence-corrected chi connectivity index (χ2v) is 9.54. The summed E-state index contributed by atoms with van der Waals surface area (Å²) in [7, 11) is 0. The molecular formula is C27H40F2O. The van der Waals surface area contributed by atoms with Gasteiger partial charge in [-0.2, -0.15) is 4.39 Å². The summed E-state index contributed by atoms with van der Waals surface area (Å²) in [4.78, 5) is 0. The van der Waals surface area contributed by atoms with Gasteiger partial charge in [0.05, 0.1) is 6.61 Å². The fourth-order valence-electron chi connectivity index (χ4n) is 5.79. The quantitative estimate of drug-likeness (QED) is 0.390. The molecule has 0 N–H and O–H groups in total. The Morgan fingerprint density at radius 2 is 1.43 bits per heavy atom. The molecule has 2 fully saturated rings. The maximum absolute atomic E-state index is 14.1. The Hall–Kier alpha value is -1.38. The molecule has 0 aliphatic heterocycles. The average molecular weight is 419 g/mol. The summed E-state index contributed by atoms with van der Waals surface area (Å²) in [5, 5.41) is 0. The van der Waals surface area contributed by atoms with Gasteiger partial charge < -0.3 is 4.74 Å². The molecule has 3 heteroatoms. The molecule has 30 heavy (non-hydrogen) atoms. The molecule has 0 spiro atoms. The lowest BCUT2D eigenvalue weighted by molar-refractivity contribution is 0.141. The van der Waals surface area contributed by atoms with Crippen molar-refractivity contribution in [3.8, 4) is 5.75 Å². The van der Waals surface area contributed by atoms with E-state index < -0.39 is 11.6 Å². The number of hydrogen-bond acceptors (Lipinski definition) is 1. The van der Waals surface area contributed by atoms with Gasteiger partial charge in [0, 0.05) is 5.56 Å². The lowest BCUT2D eigenvalue weighted by Gasteiger charge is -2.38. The molecule has 2 aliphatic carbocycles. The van der Waals surface area contributed by atoms with E-state index in [4.69, 9.17) is 4.74 Å². The van der Waals surface area contributed by atoms with Gasteiger partial charge in [0.15, 0.2) is 11.6 Å². The smallest absolute Gasteiger partial charge is 0.201 e. The van der Waals surface area contributed by atoms with Gasteiger partial charge in [-0.3, -0.25) is 0 Å². The highest BCUT2D eigenvalue weighted by Crippen LogP contribution is 2.43. The molecule has 2 saturated carbocycles. The molecule has 3 rings (SSSR count). The standard InChI is InChI=1S/C27H40F2O/c1-3-7-20-10-14-22(15-11-20)23-16-12-21(13-17-23)8-5-6-9-24-18-19-25(30-4-2)27(29)26(24)28/h6,9,18-23H,3-5,7-8,10-17H2,1-2H3/t20-,21-,22-,23-. The summed E-state index contributed by atoms with van der Waals surface area (Å²) in [5.74, 6) is 2.03. The van der Waals surface area contributed by atoms with E-state index in [1.54, 1.807) is 19.1 Å². The molecule has 1 aromatic rings. The van der Waals surface area contributed by atoms with Gasteiger partial charge in [0.2, 0.25) is 5.82 Å². The molecule has 1 aromatic carbocycles. The summed E-state index contributed by atoms with van der Waals surface area (Å²) in [6.45, 7) is 4.40. The Bertz CT molecular complexity index is 668. The van der Waals surface area contributed by atoms with Crippen molar-refractivity contribution in [2.24, 2.45) is 23.7 Å². The van der Waals surface area contributed by atoms with Crippen LogP contribution < -0.4 is 4.74 Å². The minimum atomic E-state index is -0.888. The highest BCUT2D eigenvalue weighted by molar-refractivity contribution is 5.52. The zero-order valence-corrected chi connectivity index (χ0v) is 19.0. The van der Waals surface area contributed by atoms with Crippen molar-refractivity contribution in [3.05, 3.63) is 35.4 Å². The van der Waals surface area contributed by atoms with Crippen LogP contribution >= 0.6 is 0 Å². The molecular weight excluding hydrogens is 378 g/mol. The fourth-order valence-corrected chi connectivity index (χ4v) is 5.79. The second-order valence-electron chi connectivity index (χ2n) is 9.54. The number of benzene rings is 1. The third-order valence-electron chi connectivity index (χ3n) is 7.56. The van der Waals surface area contributed by atoms with Crippen molar-refractivity contribution in [2.75, 3.05) is 6.61 Å². The van der Waals surface area contributed by atoms with Gasteiger partial charge >= 0.3 is 0 Å². The van der Waals surface area contributed by atoms with E-state index in [1.807, 2.05) is 6.08 Å². The molecule has 0 saturated heterocycles. The summed E-state index contributed by atoms with van der Waals surface area (Å²) >= 11 is 0. The number of ether oxygens (including phenoxy) is 1. The molecule has 2 aliphatic rings. The number of hydrogen-bond donors (Lipinski definition) is 0. The molecule has 0 bridgehead atoms. The van der Waals surface area contributed by atoms with Crippen LogP contribution in [0.4, 0.5) is 8.78 Å². The van der Waals surface area contributed by atoms with E-state index in [0.29, 0.717) is 12.2 Å². The van der Waals surface area contributed by atoms with Crippen LogP contribution in [0, 0.1) is 35.3 Å². The van der Waals surface area contributed by atoms with Crippen molar-refractivity contribution in [3.63, 3.8) is 0 Å². The maximum atomic E-state index is 14.1. The molecule has 0 amide bonds.